The number of amides is 2. The molecule has 0 unspecified atom stereocenters. The predicted molar refractivity (Wildman–Crippen MR) is 124 cm³/mol. The van der Waals surface area contributed by atoms with Gasteiger partial charge >= 0.3 is 0 Å². The lowest BCUT2D eigenvalue weighted by Gasteiger charge is -2.23. The molecule has 0 radical (unpaired) electrons. The summed E-state index contributed by atoms with van der Waals surface area (Å²) in [6.45, 7) is -0.161. The second kappa shape index (κ2) is 10.5. The minimum Gasteiger partial charge on any atom is -0.325 e. The molecule has 32 heavy (non-hydrogen) atoms. The van der Waals surface area contributed by atoms with Crippen molar-refractivity contribution in [1.82, 2.24) is 4.90 Å². The van der Waals surface area contributed by atoms with Gasteiger partial charge in [-0.25, -0.2) is 0 Å². The number of nitrogens with one attached hydrogen (secondary N) is 1. The Morgan fingerprint density at radius 2 is 1.53 bits per heavy atom. The fraction of sp³-hybridized carbons (Fsp3) is 0.0909. The van der Waals surface area contributed by atoms with Gasteiger partial charge in [-0.15, -0.1) is 0 Å². The molecule has 164 valence electrons. The molecule has 1 N–H and O–H groups in total. The Bertz CT molecular complexity index is 1130. The zero-order valence-electron chi connectivity index (χ0n) is 16.4. The van der Waals surface area contributed by atoms with Gasteiger partial charge in [0.25, 0.3) is 11.6 Å². The van der Waals surface area contributed by atoms with Crippen LogP contribution >= 0.6 is 34.8 Å². The van der Waals surface area contributed by atoms with E-state index in [4.69, 9.17) is 34.8 Å². The van der Waals surface area contributed by atoms with Gasteiger partial charge in [0.1, 0.15) is 6.54 Å². The van der Waals surface area contributed by atoms with Crippen LogP contribution in [0.25, 0.3) is 0 Å². The molecular weight excluding hydrogens is 477 g/mol. The number of non-ortho nitro benzene ring substituents is 1. The standard InChI is InChI=1S/C22H16Cl3N3O4/c23-16-10-18(24)21(19(25)11-16)26-20(29)13-27(12-14-4-2-1-3-5-14)22(30)15-6-8-17(9-7-15)28(31)32/h1-11H,12-13H2,(H,26,29). The molecule has 10 heteroatoms. The monoisotopic (exact) mass is 491 g/mol. The molecule has 0 aliphatic carbocycles. The number of carbonyl (C=O) groups excluding carboxylic acids is 2. The predicted octanol–water partition coefficient (Wildman–Crippen LogP) is 5.84. The van der Waals surface area contributed by atoms with E-state index in [-0.39, 0.29) is 40.1 Å². The van der Waals surface area contributed by atoms with Gasteiger partial charge in [0.05, 0.1) is 20.7 Å². The number of hydrogen-bond donors (Lipinski definition) is 1. The minimum atomic E-state index is -0.553. The molecule has 3 aromatic carbocycles. The number of halogens is 3. The summed E-state index contributed by atoms with van der Waals surface area (Å²) in [4.78, 5) is 37.5. The Hall–Kier alpha value is -3.13. The maximum Gasteiger partial charge on any atom is 0.269 e. The average Bonchev–Trinajstić information content (AvgIpc) is 2.76. The van der Waals surface area contributed by atoms with Crippen LogP contribution in [0.1, 0.15) is 15.9 Å². The quantitative estimate of drug-likeness (QED) is 0.331. The van der Waals surface area contributed by atoms with Crippen molar-refractivity contribution in [2.24, 2.45) is 0 Å². The largest absolute Gasteiger partial charge is 0.325 e. The van der Waals surface area contributed by atoms with Gasteiger partial charge < -0.3 is 10.2 Å². The number of nitrogens with zero attached hydrogens (tertiary/aromatic N) is 2. The number of rotatable bonds is 7. The minimum absolute atomic E-state index is 0.138. The van der Waals surface area contributed by atoms with E-state index in [0.29, 0.717) is 5.02 Å². The highest BCUT2D eigenvalue weighted by atomic mass is 35.5. The zero-order valence-corrected chi connectivity index (χ0v) is 18.7. The fourth-order valence-corrected chi connectivity index (χ4v) is 3.84. The number of nitro groups is 1. The lowest BCUT2D eigenvalue weighted by Crippen LogP contribution is -2.37. The van der Waals surface area contributed by atoms with Crippen molar-refractivity contribution in [1.29, 1.82) is 0 Å². The maximum atomic E-state index is 13.1. The highest BCUT2D eigenvalue weighted by Crippen LogP contribution is 2.33. The smallest absolute Gasteiger partial charge is 0.269 e. The van der Waals surface area contributed by atoms with Crippen LogP contribution in [0.2, 0.25) is 15.1 Å². The summed E-state index contributed by atoms with van der Waals surface area (Å²) in [5.41, 5.74) is 1.06. The molecule has 0 aliphatic heterocycles. The van der Waals surface area contributed by atoms with Crippen LogP contribution < -0.4 is 5.32 Å². The maximum absolute atomic E-state index is 13.1. The van der Waals surface area contributed by atoms with Crippen LogP contribution in [0.5, 0.6) is 0 Å². The molecule has 3 rings (SSSR count). The molecule has 0 bridgehead atoms. The molecule has 0 saturated heterocycles. The number of nitro benzene ring substituents is 1. The van der Waals surface area contributed by atoms with E-state index < -0.39 is 16.7 Å². The first-order chi connectivity index (χ1) is 15.2. The van der Waals surface area contributed by atoms with Gasteiger partial charge in [0, 0.05) is 29.3 Å². The average molecular weight is 493 g/mol. The highest BCUT2D eigenvalue weighted by Gasteiger charge is 2.21. The van der Waals surface area contributed by atoms with Crippen molar-refractivity contribution in [3.63, 3.8) is 0 Å². The van der Waals surface area contributed by atoms with Gasteiger partial charge in [0.15, 0.2) is 0 Å². The van der Waals surface area contributed by atoms with Crippen molar-refractivity contribution in [3.8, 4) is 0 Å². The number of anilines is 1. The second-order valence-corrected chi connectivity index (χ2v) is 7.99. The first kappa shape index (κ1) is 23.5. The molecule has 3 aromatic rings. The summed E-state index contributed by atoms with van der Waals surface area (Å²) in [5, 5.41) is 14.1. The third-order valence-corrected chi connectivity index (χ3v) is 5.25. The van der Waals surface area contributed by atoms with E-state index in [0.717, 1.165) is 5.56 Å². The second-order valence-electron chi connectivity index (χ2n) is 6.74. The van der Waals surface area contributed by atoms with Gasteiger partial charge in [0.2, 0.25) is 5.91 Å². The number of carbonyl (C=O) groups is 2. The van der Waals surface area contributed by atoms with Crippen molar-refractivity contribution in [2.75, 3.05) is 11.9 Å². The molecule has 0 saturated carbocycles. The summed E-state index contributed by atoms with van der Waals surface area (Å²) >= 11 is 18.1. The molecule has 0 aromatic heterocycles. The molecule has 0 aliphatic rings. The van der Waals surface area contributed by atoms with Gasteiger partial charge in [-0.05, 0) is 29.8 Å². The van der Waals surface area contributed by atoms with Crippen molar-refractivity contribution in [3.05, 3.63) is 103 Å². The molecular formula is C22H16Cl3N3O4. The molecule has 0 fully saturated rings. The number of benzene rings is 3. The SMILES string of the molecule is O=C(CN(Cc1ccccc1)C(=O)c1ccc([N+](=O)[O-])cc1)Nc1c(Cl)cc(Cl)cc1Cl. The first-order valence-electron chi connectivity index (χ1n) is 9.26. The molecule has 0 spiro atoms. The summed E-state index contributed by atoms with van der Waals surface area (Å²) in [7, 11) is 0. The normalized spacial score (nSPS) is 10.5. The van der Waals surface area contributed by atoms with Crippen molar-refractivity contribution in [2.45, 2.75) is 6.54 Å². The Kier molecular flexibility index (Phi) is 7.69. The van der Waals surface area contributed by atoms with Crippen molar-refractivity contribution >= 4 is 58.0 Å². The lowest BCUT2D eigenvalue weighted by atomic mass is 10.1. The van der Waals surface area contributed by atoms with Crippen LogP contribution in [-0.2, 0) is 11.3 Å². The van der Waals surface area contributed by atoms with Crippen LogP contribution in [0.3, 0.4) is 0 Å². The van der Waals surface area contributed by atoms with E-state index in [1.807, 2.05) is 30.3 Å². The lowest BCUT2D eigenvalue weighted by molar-refractivity contribution is -0.384. The van der Waals surface area contributed by atoms with E-state index in [1.165, 1.54) is 41.3 Å². The van der Waals surface area contributed by atoms with Crippen LogP contribution in [0.4, 0.5) is 11.4 Å². The van der Waals surface area contributed by atoms with Gasteiger partial charge in [-0.1, -0.05) is 65.1 Å². The van der Waals surface area contributed by atoms with E-state index in [9.17, 15) is 19.7 Å². The van der Waals surface area contributed by atoms with E-state index >= 15 is 0 Å². The van der Waals surface area contributed by atoms with Crippen LogP contribution in [-0.4, -0.2) is 28.2 Å². The summed E-state index contributed by atoms with van der Waals surface area (Å²) in [5.74, 6) is -0.991. The van der Waals surface area contributed by atoms with E-state index in [1.54, 1.807) is 0 Å². The molecule has 2 amide bonds. The Morgan fingerprint density at radius 1 is 0.938 bits per heavy atom. The summed E-state index contributed by atoms with van der Waals surface area (Å²) in [6, 6.07) is 17.2. The Labute approximate surface area is 198 Å². The van der Waals surface area contributed by atoms with Gasteiger partial charge in [-0.3, -0.25) is 19.7 Å². The van der Waals surface area contributed by atoms with Crippen molar-refractivity contribution < 1.29 is 14.5 Å². The third-order valence-electron chi connectivity index (χ3n) is 4.43. The zero-order chi connectivity index (χ0) is 23.3. The highest BCUT2D eigenvalue weighted by molar-refractivity contribution is 6.42. The van der Waals surface area contributed by atoms with Gasteiger partial charge in [-0.2, -0.15) is 0 Å². The van der Waals surface area contributed by atoms with E-state index in [2.05, 4.69) is 5.32 Å². The fourth-order valence-electron chi connectivity index (χ4n) is 2.93. The first-order valence-corrected chi connectivity index (χ1v) is 10.4. The summed E-state index contributed by atoms with van der Waals surface area (Å²) < 4.78 is 0. The molecule has 0 heterocycles. The Morgan fingerprint density at radius 3 is 2.09 bits per heavy atom. The number of hydrogen-bond acceptors (Lipinski definition) is 4. The molecule has 7 nitrogen and oxygen atoms in total. The van der Waals surface area contributed by atoms with Crippen LogP contribution in [0.15, 0.2) is 66.7 Å². The summed E-state index contributed by atoms with van der Waals surface area (Å²) in [6.07, 6.45) is 0. The van der Waals surface area contributed by atoms with Crippen LogP contribution in [0, 0.1) is 10.1 Å². The topological polar surface area (TPSA) is 92.5 Å². The third kappa shape index (κ3) is 5.97. The molecule has 0 atom stereocenters. The Balaban J connectivity index is 1.83.